The lowest BCUT2D eigenvalue weighted by Crippen LogP contribution is -2.65. The quantitative estimate of drug-likeness (QED) is 0.436. The molecule has 0 aromatic carbocycles. The van der Waals surface area contributed by atoms with E-state index in [1.165, 1.54) is 49.7 Å². The molecule has 0 aliphatic heterocycles. The van der Waals surface area contributed by atoms with Crippen LogP contribution >= 0.6 is 0 Å². The van der Waals surface area contributed by atoms with E-state index in [0.29, 0.717) is 34.0 Å². The molecule has 0 aromatic heterocycles. The summed E-state index contributed by atoms with van der Waals surface area (Å²) in [5, 5.41) is 11.8. The number of allylic oxidation sites excluding steroid dienone is 4. The molecule has 1 heteroatoms. The standard InChI is InChI=1S/C31H52O/c1-20(2)11-10-12-21(3)23-14-17-31(9)27(23)24(32)19-26-29(7)16-13-22(4)28(5,6)25(29)15-18-30(26,31)8/h11-12,22-27,32H,10,13-19H2,1-9H3/b21-12-. The van der Waals surface area contributed by atoms with Crippen LogP contribution in [0.2, 0.25) is 0 Å². The maximum Gasteiger partial charge on any atom is 0.0582 e. The van der Waals surface area contributed by atoms with Gasteiger partial charge in [-0.3, -0.25) is 0 Å². The lowest BCUT2D eigenvalue weighted by atomic mass is 9.34. The minimum Gasteiger partial charge on any atom is -0.393 e. The molecular formula is C31H52O. The second-order valence-corrected chi connectivity index (χ2v) is 14.2. The highest BCUT2D eigenvalue weighted by molar-refractivity contribution is 5.22. The normalized spacial score (nSPS) is 50.2. The minimum absolute atomic E-state index is 0.143. The van der Waals surface area contributed by atoms with Crippen molar-refractivity contribution in [2.45, 2.75) is 120 Å². The van der Waals surface area contributed by atoms with Gasteiger partial charge in [-0.2, -0.15) is 0 Å². The first-order valence-electron chi connectivity index (χ1n) is 13.8. The third-order valence-electron chi connectivity index (χ3n) is 12.5. The van der Waals surface area contributed by atoms with Crippen molar-refractivity contribution in [3.05, 3.63) is 23.3 Å². The molecule has 0 amide bonds. The number of aliphatic hydroxyl groups excluding tert-OH is 1. The lowest BCUT2D eigenvalue weighted by Gasteiger charge is -2.70. The maximum absolute atomic E-state index is 11.8. The first-order chi connectivity index (χ1) is 14.8. The number of aliphatic hydroxyl groups is 1. The van der Waals surface area contributed by atoms with E-state index in [4.69, 9.17) is 0 Å². The van der Waals surface area contributed by atoms with E-state index in [-0.39, 0.29) is 11.5 Å². The number of hydrogen-bond donors (Lipinski definition) is 1. The van der Waals surface area contributed by atoms with Crippen LogP contribution in [0.25, 0.3) is 0 Å². The predicted octanol–water partition coefficient (Wildman–Crippen LogP) is 8.58. The van der Waals surface area contributed by atoms with Crippen molar-refractivity contribution in [3.8, 4) is 0 Å². The first kappa shape index (κ1) is 24.6. The van der Waals surface area contributed by atoms with Gasteiger partial charge in [0, 0.05) is 0 Å². The molecule has 0 heterocycles. The molecule has 1 nitrogen and oxygen atoms in total. The summed E-state index contributed by atoms with van der Waals surface area (Å²) in [5.74, 6) is 3.26. The van der Waals surface area contributed by atoms with E-state index in [1.807, 2.05) is 0 Å². The van der Waals surface area contributed by atoms with Crippen molar-refractivity contribution in [1.82, 2.24) is 0 Å². The van der Waals surface area contributed by atoms with Crippen LogP contribution in [0.4, 0.5) is 0 Å². The van der Waals surface area contributed by atoms with Gasteiger partial charge in [0.1, 0.15) is 0 Å². The first-order valence-corrected chi connectivity index (χ1v) is 13.8. The average molecular weight is 441 g/mol. The Morgan fingerprint density at radius 2 is 1.50 bits per heavy atom. The molecule has 0 saturated heterocycles. The molecular weight excluding hydrogens is 388 g/mol. The van der Waals surface area contributed by atoms with Crippen molar-refractivity contribution in [1.29, 1.82) is 0 Å². The zero-order valence-electron chi connectivity index (χ0n) is 22.7. The Labute approximate surface area is 199 Å². The van der Waals surface area contributed by atoms with Gasteiger partial charge in [0.15, 0.2) is 0 Å². The Morgan fingerprint density at radius 1 is 0.844 bits per heavy atom. The third kappa shape index (κ3) is 3.34. The molecule has 9 atom stereocenters. The smallest absolute Gasteiger partial charge is 0.0582 e. The SMILES string of the molecule is CC(C)=CC/C=C(/C)C1CCC2(C)C1C(O)CC1C3(C)CCC(C)C(C)(C)C3CCC12C. The fourth-order valence-electron chi connectivity index (χ4n) is 10.1. The molecule has 9 unspecified atom stereocenters. The van der Waals surface area contributed by atoms with E-state index >= 15 is 0 Å². The summed E-state index contributed by atoms with van der Waals surface area (Å²) in [4.78, 5) is 0. The molecule has 0 bridgehead atoms. The van der Waals surface area contributed by atoms with E-state index in [9.17, 15) is 5.11 Å². The van der Waals surface area contributed by atoms with E-state index < -0.39 is 0 Å². The molecule has 4 saturated carbocycles. The Hall–Kier alpha value is -0.560. The summed E-state index contributed by atoms with van der Waals surface area (Å²) in [6, 6.07) is 0. The Morgan fingerprint density at radius 3 is 2.16 bits per heavy atom. The van der Waals surface area contributed by atoms with Gasteiger partial charge < -0.3 is 5.11 Å². The molecule has 0 aromatic rings. The zero-order valence-corrected chi connectivity index (χ0v) is 22.7. The Balaban J connectivity index is 1.67. The third-order valence-corrected chi connectivity index (χ3v) is 12.5. The fraction of sp³-hybridized carbons (Fsp3) is 0.871. The van der Waals surface area contributed by atoms with Gasteiger partial charge in [0.05, 0.1) is 6.10 Å². The summed E-state index contributed by atoms with van der Waals surface area (Å²) < 4.78 is 0. The second kappa shape index (κ2) is 8.00. The van der Waals surface area contributed by atoms with Gasteiger partial charge in [-0.1, -0.05) is 64.8 Å². The van der Waals surface area contributed by atoms with Gasteiger partial charge in [0.25, 0.3) is 0 Å². The molecule has 0 radical (unpaired) electrons. The van der Waals surface area contributed by atoms with Crippen LogP contribution < -0.4 is 0 Å². The number of fused-ring (bicyclic) bond motifs is 5. The lowest BCUT2D eigenvalue weighted by molar-refractivity contribution is -0.233. The van der Waals surface area contributed by atoms with Gasteiger partial charge in [-0.15, -0.1) is 0 Å². The van der Waals surface area contributed by atoms with Crippen LogP contribution in [-0.2, 0) is 0 Å². The monoisotopic (exact) mass is 440 g/mol. The van der Waals surface area contributed by atoms with Crippen molar-refractivity contribution < 1.29 is 5.11 Å². The van der Waals surface area contributed by atoms with Crippen LogP contribution in [0.5, 0.6) is 0 Å². The number of hydrogen-bond acceptors (Lipinski definition) is 1. The minimum atomic E-state index is -0.143. The molecule has 4 aliphatic rings. The highest BCUT2D eigenvalue weighted by Gasteiger charge is 2.69. The van der Waals surface area contributed by atoms with Crippen LogP contribution in [-0.4, -0.2) is 11.2 Å². The molecule has 32 heavy (non-hydrogen) atoms. The molecule has 182 valence electrons. The largest absolute Gasteiger partial charge is 0.393 e. The summed E-state index contributed by atoms with van der Waals surface area (Å²) in [7, 11) is 0. The van der Waals surface area contributed by atoms with Gasteiger partial charge in [-0.05, 0) is 123 Å². The topological polar surface area (TPSA) is 20.2 Å². The second-order valence-electron chi connectivity index (χ2n) is 14.2. The highest BCUT2D eigenvalue weighted by atomic mass is 16.3. The molecule has 4 rings (SSSR count). The Kier molecular flexibility index (Phi) is 6.14. The van der Waals surface area contributed by atoms with E-state index in [2.05, 4.69) is 74.5 Å². The average Bonchev–Trinajstić information content (AvgIpc) is 3.07. The molecule has 4 aliphatic carbocycles. The van der Waals surface area contributed by atoms with E-state index in [0.717, 1.165) is 24.7 Å². The molecule has 4 fully saturated rings. The van der Waals surface area contributed by atoms with Gasteiger partial charge in [-0.25, -0.2) is 0 Å². The van der Waals surface area contributed by atoms with Gasteiger partial charge >= 0.3 is 0 Å². The molecule has 1 N–H and O–H groups in total. The highest BCUT2D eigenvalue weighted by Crippen LogP contribution is 2.75. The van der Waals surface area contributed by atoms with Crippen LogP contribution in [0.1, 0.15) is 114 Å². The summed E-state index contributed by atoms with van der Waals surface area (Å²) in [6.45, 7) is 22.2. The van der Waals surface area contributed by atoms with Gasteiger partial charge in [0.2, 0.25) is 0 Å². The van der Waals surface area contributed by atoms with Crippen molar-refractivity contribution >= 4 is 0 Å². The van der Waals surface area contributed by atoms with E-state index in [1.54, 1.807) is 0 Å². The van der Waals surface area contributed by atoms with Crippen LogP contribution in [0.3, 0.4) is 0 Å². The zero-order chi connectivity index (χ0) is 23.7. The van der Waals surface area contributed by atoms with Crippen LogP contribution in [0.15, 0.2) is 23.3 Å². The summed E-state index contributed by atoms with van der Waals surface area (Å²) in [5.41, 5.74) is 4.34. The van der Waals surface area contributed by atoms with Crippen LogP contribution in [0, 0.1) is 51.2 Å². The number of rotatable bonds is 3. The molecule has 0 spiro atoms. The van der Waals surface area contributed by atoms with Crippen molar-refractivity contribution in [2.75, 3.05) is 0 Å². The summed E-state index contributed by atoms with van der Waals surface area (Å²) >= 11 is 0. The maximum atomic E-state index is 11.8. The summed E-state index contributed by atoms with van der Waals surface area (Å²) in [6.07, 6.45) is 14.7. The van der Waals surface area contributed by atoms with Crippen molar-refractivity contribution in [3.63, 3.8) is 0 Å². The fourth-order valence-corrected chi connectivity index (χ4v) is 10.1. The van der Waals surface area contributed by atoms with Crippen molar-refractivity contribution in [2.24, 2.45) is 51.2 Å². The Bertz CT molecular complexity index is 784. The predicted molar refractivity (Wildman–Crippen MR) is 137 cm³/mol.